The molecule has 1 heterocycles. The largest absolute Gasteiger partial charge is 0.383 e. The molecule has 1 saturated heterocycles. The van der Waals surface area contributed by atoms with E-state index in [0.29, 0.717) is 18.9 Å². The Morgan fingerprint density at radius 2 is 1.70 bits per heavy atom. The molecule has 0 saturated carbocycles. The molecule has 0 radical (unpaired) electrons. The van der Waals surface area contributed by atoms with Gasteiger partial charge in [-0.05, 0) is 29.7 Å². The van der Waals surface area contributed by atoms with Crippen molar-refractivity contribution in [3.8, 4) is 0 Å². The molecule has 0 aromatic heterocycles. The zero-order valence-electron chi connectivity index (χ0n) is 16.2. The number of hydrogen-bond acceptors (Lipinski definition) is 4. The first-order valence-electron chi connectivity index (χ1n) is 9.69. The van der Waals surface area contributed by atoms with Gasteiger partial charge in [-0.2, -0.15) is 0 Å². The third-order valence-electron chi connectivity index (χ3n) is 4.78. The minimum atomic E-state index is 0.0273. The van der Waals surface area contributed by atoms with Crippen LogP contribution in [0.3, 0.4) is 0 Å². The number of ether oxygens (including phenoxy) is 1. The molecule has 1 amide bonds. The number of morpholine rings is 1. The Labute approximate surface area is 161 Å². The molecule has 0 spiro atoms. The molecule has 1 fully saturated rings. The van der Waals surface area contributed by atoms with Crippen LogP contribution in [0.1, 0.15) is 31.7 Å². The zero-order chi connectivity index (χ0) is 19.1. The fourth-order valence-corrected chi connectivity index (χ4v) is 3.34. The van der Waals surface area contributed by atoms with E-state index < -0.39 is 0 Å². The SMILES string of the molecule is CC(C)c1ccccc1NC(=O)CCNc1ccccc1N1CCOCC1. The van der Waals surface area contributed by atoms with Gasteiger partial charge in [0.25, 0.3) is 0 Å². The predicted molar refractivity (Wildman–Crippen MR) is 112 cm³/mol. The summed E-state index contributed by atoms with van der Waals surface area (Å²) < 4.78 is 5.44. The lowest BCUT2D eigenvalue weighted by molar-refractivity contribution is -0.115. The van der Waals surface area contributed by atoms with Gasteiger partial charge in [-0.3, -0.25) is 4.79 Å². The zero-order valence-corrected chi connectivity index (χ0v) is 16.2. The molecule has 2 aromatic rings. The smallest absolute Gasteiger partial charge is 0.226 e. The van der Waals surface area contributed by atoms with Crippen molar-refractivity contribution in [3.63, 3.8) is 0 Å². The molecule has 0 aliphatic carbocycles. The molecular formula is C22H29N3O2. The third-order valence-corrected chi connectivity index (χ3v) is 4.78. The van der Waals surface area contributed by atoms with E-state index in [1.165, 1.54) is 5.69 Å². The number of hydrogen-bond donors (Lipinski definition) is 2. The monoisotopic (exact) mass is 367 g/mol. The number of benzene rings is 2. The summed E-state index contributed by atoms with van der Waals surface area (Å²) in [6.45, 7) is 8.16. The van der Waals surface area contributed by atoms with E-state index in [-0.39, 0.29) is 5.91 Å². The van der Waals surface area contributed by atoms with Gasteiger partial charge in [0, 0.05) is 31.7 Å². The van der Waals surface area contributed by atoms with E-state index in [2.05, 4.69) is 47.6 Å². The summed E-state index contributed by atoms with van der Waals surface area (Å²) in [7, 11) is 0. The lowest BCUT2D eigenvalue weighted by Crippen LogP contribution is -2.36. The van der Waals surface area contributed by atoms with Crippen LogP contribution in [-0.4, -0.2) is 38.8 Å². The van der Waals surface area contributed by atoms with Crippen LogP contribution in [0.25, 0.3) is 0 Å². The summed E-state index contributed by atoms with van der Waals surface area (Å²) in [6, 6.07) is 16.2. The van der Waals surface area contributed by atoms with Crippen molar-refractivity contribution < 1.29 is 9.53 Å². The van der Waals surface area contributed by atoms with Gasteiger partial charge >= 0.3 is 0 Å². The van der Waals surface area contributed by atoms with Gasteiger partial charge in [-0.15, -0.1) is 0 Å². The van der Waals surface area contributed by atoms with Crippen LogP contribution in [0.5, 0.6) is 0 Å². The number of amides is 1. The quantitative estimate of drug-likeness (QED) is 0.774. The van der Waals surface area contributed by atoms with E-state index in [1.54, 1.807) is 0 Å². The number of nitrogens with zero attached hydrogens (tertiary/aromatic N) is 1. The molecule has 2 aromatic carbocycles. The number of carbonyl (C=O) groups is 1. The Balaban J connectivity index is 1.55. The Hall–Kier alpha value is -2.53. The minimum Gasteiger partial charge on any atom is -0.383 e. The van der Waals surface area contributed by atoms with Crippen LogP contribution < -0.4 is 15.5 Å². The molecule has 3 rings (SSSR count). The fourth-order valence-electron chi connectivity index (χ4n) is 3.34. The first kappa shape index (κ1) is 19.2. The molecule has 1 aliphatic heterocycles. The molecule has 27 heavy (non-hydrogen) atoms. The van der Waals surface area contributed by atoms with Crippen molar-refractivity contribution in [2.45, 2.75) is 26.2 Å². The summed E-state index contributed by atoms with van der Waals surface area (Å²) in [5.74, 6) is 0.402. The summed E-state index contributed by atoms with van der Waals surface area (Å²) in [5, 5.41) is 6.47. The second-order valence-electron chi connectivity index (χ2n) is 7.08. The first-order valence-corrected chi connectivity index (χ1v) is 9.69. The average molecular weight is 367 g/mol. The van der Waals surface area contributed by atoms with E-state index in [0.717, 1.165) is 43.2 Å². The second-order valence-corrected chi connectivity index (χ2v) is 7.08. The van der Waals surface area contributed by atoms with Crippen molar-refractivity contribution in [3.05, 3.63) is 54.1 Å². The van der Waals surface area contributed by atoms with Crippen LogP contribution in [0.4, 0.5) is 17.1 Å². The van der Waals surface area contributed by atoms with E-state index >= 15 is 0 Å². The highest BCUT2D eigenvalue weighted by atomic mass is 16.5. The van der Waals surface area contributed by atoms with E-state index in [4.69, 9.17) is 4.74 Å². The molecule has 2 N–H and O–H groups in total. The lowest BCUT2D eigenvalue weighted by Gasteiger charge is -2.30. The Bertz CT molecular complexity index is 755. The van der Waals surface area contributed by atoms with Crippen molar-refractivity contribution in [2.75, 3.05) is 48.4 Å². The number of nitrogens with one attached hydrogen (secondary N) is 2. The van der Waals surface area contributed by atoms with Gasteiger partial charge in [-0.25, -0.2) is 0 Å². The molecule has 144 valence electrons. The molecule has 5 nitrogen and oxygen atoms in total. The summed E-state index contributed by atoms with van der Waals surface area (Å²) >= 11 is 0. The molecule has 1 aliphatic rings. The van der Waals surface area contributed by atoms with Gasteiger partial charge in [0.05, 0.1) is 24.6 Å². The van der Waals surface area contributed by atoms with Crippen LogP contribution in [0.2, 0.25) is 0 Å². The highest BCUT2D eigenvalue weighted by Crippen LogP contribution is 2.26. The fraction of sp³-hybridized carbons (Fsp3) is 0.409. The van der Waals surface area contributed by atoms with Crippen molar-refractivity contribution in [2.24, 2.45) is 0 Å². The Morgan fingerprint density at radius 3 is 2.44 bits per heavy atom. The van der Waals surface area contributed by atoms with Crippen molar-refractivity contribution >= 4 is 23.0 Å². The molecule has 0 unspecified atom stereocenters. The molecule has 5 heteroatoms. The lowest BCUT2D eigenvalue weighted by atomic mass is 10.0. The second kappa shape index (κ2) is 9.42. The summed E-state index contributed by atoms with van der Waals surface area (Å²) in [6.07, 6.45) is 0.421. The maximum absolute atomic E-state index is 12.4. The number of rotatable bonds is 7. The van der Waals surface area contributed by atoms with Crippen LogP contribution in [-0.2, 0) is 9.53 Å². The van der Waals surface area contributed by atoms with Crippen molar-refractivity contribution in [1.82, 2.24) is 0 Å². The normalized spacial score (nSPS) is 14.3. The van der Waals surface area contributed by atoms with Gasteiger partial charge in [0.15, 0.2) is 0 Å². The average Bonchev–Trinajstić information content (AvgIpc) is 2.69. The molecule has 0 atom stereocenters. The van der Waals surface area contributed by atoms with Crippen LogP contribution >= 0.6 is 0 Å². The van der Waals surface area contributed by atoms with Crippen LogP contribution in [0.15, 0.2) is 48.5 Å². The highest BCUT2D eigenvalue weighted by molar-refractivity contribution is 5.92. The Kier molecular flexibility index (Phi) is 6.71. The van der Waals surface area contributed by atoms with Crippen molar-refractivity contribution in [1.29, 1.82) is 0 Å². The summed E-state index contributed by atoms with van der Waals surface area (Å²) in [4.78, 5) is 14.7. The van der Waals surface area contributed by atoms with Gasteiger partial charge in [0.2, 0.25) is 5.91 Å². The predicted octanol–water partition coefficient (Wildman–Crippen LogP) is 4.09. The number of anilines is 3. The topological polar surface area (TPSA) is 53.6 Å². The maximum atomic E-state index is 12.4. The molecule has 0 bridgehead atoms. The summed E-state index contributed by atoms with van der Waals surface area (Å²) in [5.41, 5.74) is 4.31. The standard InChI is InChI=1S/C22H29N3O2/c1-17(2)18-7-3-4-8-19(18)24-22(26)11-12-23-20-9-5-6-10-21(20)25-13-15-27-16-14-25/h3-10,17,23H,11-16H2,1-2H3,(H,24,26). The maximum Gasteiger partial charge on any atom is 0.226 e. The highest BCUT2D eigenvalue weighted by Gasteiger charge is 2.14. The van der Waals surface area contributed by atoms with E-state index in [9.17, 15) is 4.79 Å². The van der Waals surface area contributed by atoms with Gasteiger partial charge in [-0.1, -0.05) is 44.2 Å². The van der Waals surface area contributed by atoms with Crippen LogP contribution in [0, 0.1) is 0 Å². The molecular weight excluding hydrogens is 338 g/mol. The number of para-hydroxylation sites is 3. The van der Waals surface area contributed by atoms with E-state index in [1.807, 2.05) is 30.3 Å². The van der Waals surface area contributed by atoms with Gasteiger partial charge in [0.1, 0.15) is 0 Å². The van der Waals surface area contributed by atoms with Gasteiger partial charge < -0.3 is 20.3 Å². The Morgan fingerprint density at radius 1 is 1.04 bits per heavy atom. The first-order chi connectivity index (χ1) is 13.1. The third kappa shape index (κ3) is 5.23. The minimum absolute atomic E-state index is 0.0273. The number of carbonyl (C=O) groups excluding carboxylic acids is 1.